The smallest absolute Gasteiger partial charge is 0.425 e. The summed E-state index contributed by atoms with van der Waals surface area (Å²) in [6, 6.07) is -0.146. The third-order valence-corrected chi connectivity index (χ3v) is 9.97. The summed E-state index contributed by atoms with van der Waals surface area (Å²) >= 11 is 0. The summed E-state index contributed by atoms with van der Waals surface area (Å²) < 4.78 is 50.8. The minimum absolute atomic E-state index is 0. The molecule has 0 N–H and O–H groups in total. The van der Waals surface area contributed by atoms with Crippen molar-refractivity contribution in [1.29, 1.82) is 0 Å². The average Bonchev–Trinajstić information content (AvgIpc) is 2.06. The monoisotopic (exact) mass is 362 g/mol. The van der Waals surface area contributed by atoms with E-state index < -0.39 is 21.4 Å². The first-order valence-corrected chi connectivity index (χ1v) is 7.99. The van der Waals surface area contributed by atoms with Crippen molar-refractivity contribution < 1.29 is 25.5 Å². The Balaban J connectivity index is -0.0000000480. The van der Waals surface area contributed by atoms with Crippen LogP contribution in [0.4, 0.5) is 13.2 Å². The minimum Gasteiger partial charge on any atom is -0.425 e. The van der Waals surface area contributed by atoms with E-state index in [1.807, 2.05) is 0 Å². The second kappa shape index (κ2) is 18.5. The van der Waals surface area contributed by atoms with Crippen LogP contribution < -0.4 is 0 Å². The molecular formula is C9H37F3O3Si4. The third-order valence-electron chi connectivity index (χ3n) is 1.65. The maximum atomic E-state index is 11.9. The molecule has 0 fully saturated rings. The van der Waals surface area contributed by atoms with Gasteiger partial charge < -0.3 is 12.3 Å². The summed E-state index contributed by atoms with van der Waals surface area (Å²) in [5.74, 6) is 0. The Hall–Kier alpha value is 0.538. The van der Waals surface area contributed by atoms with Crippen molar-refractivity contribution in [3.63, 3.8) is 0 Å². The summed E-state index contributed by atoms with van der Waals surface area (Å²) in [6.07, 6.45) is -5.04. The van der Waals surface area contributed by atoms with Crippen molar-refractivity contribution in [1.82, 2.24) is 0 Å². The van der Waals surface area contributed by atoms with Gasteiger partial charge in [0.1, 0.15) is 31.5 Å². The highest BCUT2D eigenvalue weighted by Gasteiger charge is 2.40. The van der Waals surface area contributed by atoms with Crippen LogP contribution in [0.25, 0.3) is 0 Å². The third kappa shape index (κ3) is 18.5. The summed E-state index contributed by atoms with van der Waals surface area (Å²) in [6.45, 7) is 0. The van der Waals surface area contributed by atoms with Crippen LogP contribution in [0, 0.1) is 0 Å². The van der Waals surface area contributed by atoms with Gasteiger partial charge in [-0.3, -0.25) is 0 Å². The number of halogens is 3. The average molecular weight is 363 g/mol. The maximum Gasteiger partial charge on any atom is 0.468 e. The molecule has 0 radical (unpaired) electrons. The number of hydrogen-bond donors (Lipinski definition) is 0. The van der Waals surface area contributed by atoms with Gasteiger partial charge in [0.25, 0.3) is 0 Å². The molecule has 0 saturated carbocycles. The molecule has 0 amide bonds. The molecule has 0 aromatic carbocycles. The van der Waals surface area contributed by atoms with Crippen molar-refractivity contribution >= 4 is 40.3 Å². The van der Waals surface area contributed by atoms with Crippen LogP contribution in [0.5, 0.6) is 0 Å². The van der Waals surface area contributed by atoms with Crippen LogP contribution in [0.15, 0.2) is 0 Å². The first kappa shape index (κ1) is 42.7. The van der Waals surface area contributed by atoms with E-state index in [0.717, 1.165) is 0 Å². The van der Waals surface area contributed by atoms with E-state index in [1.54, 1.807) is 0 Å². The largest absolute Gasteiger partial charge is 0.468 e. The summed E-state index contributed by atoms with van der Waals surface area (Å²) in [7, 11) is -1.80. The van der Waals surface area contributed by atoms with Gasteiger partial charge in [-0.25, -0.2) is 0 Å². The molecule has 0 unspecified atom stereocenters. The van der Waals surface area contributed by atoms with Gasteiger partial charge in [-0.2, -0.15) is 13.2 Å². The molecule has 128 valence electrons. The van der Waals surface area contributed by atoms with Crippen molar-refractivity contribution in [3.8, 4) is 0 Å². The van der Waals surface area contributed by atoms with Gasteiger partial charge in [0.15, 0.2) is 0 Å². The summed E-state index contributed by atoms with van der Waals surface area (Å²) in [4.78, 5) is 0. The second-order valence-corrected chi connectivity index (χ2v) is 9.18. The van der Waals surface area contributed by atoms with Gasteiger partial charge in [0, 0.05) is 12.5 Å². The lowest BCUT2D eigenvalue weighted by atomic mass is 10.5. The lowest BCUT2D eigenvalue weighted by molar-refractivity contribution is -0.132. The van der Waals surface area contributed by atoms with E-state index in [2.05, 4.69) is 0 Å². The standard InChI is InChI=1S/C3H13F3O3Si4.6CH4/c4-3(5,6)1-2-13(7-10,8-11)9-12;;;;;;/h1-2H2,10-12H3;6*1H4. The van der Waals surface area contributed by atoms with Crippen LogP contribution >= 0.6 is 0 Å². The van der Waals surface area contributed by atoms with E-state index >= 15 is 0 Å². The van der Waals surface area contributed by atoms with E-state index in [4.69, 9.17) is 12.3 Å². The van der Waals surface area contributed by atoms with E-state index in [0.29, 0.717) is 31.5 Å². The Bertz CT molecular complexity index is 150. The molecule has 0 heterocycles. The van der Waals surface area contributed by atoms with Crippen LogP contribution in [0.3, 0.4) is 0 Å². The lowest BCUT2D eigenvalue weighted by Gasteiger charge is -2.26. The molecule has 0 aromatic rings. The number of rotatable bonds is 5. The summed E-state index contributed by atoms with van der Waals surface area (Å²) in [5, 5.41) is 0. The van der Waals surface area contributed by atoms with E-state index in [9.17, 15) is 13.2 Å². The Morgan fingerprint density at radius 2 is 1.00 bits per heavy atom. The summed E-state index contributed by atoms with van der Waals surface area (Å²) in [5.41, 5.74) is 0. The molecule has 0 aliphatic heterocycles. The van der Waals surface area contributed by atoms with Gasteiger partial charge in [0.2, 0.25) is 0 Å². The van der Waals surface area contributed by atoms with E-state index in [-0.39, 0.29) is 50.6 Å². The highest BCUT2D eigenvalue weighted by Crippen LogP contribution is 2.26. The first-order chi connectivity index (χ1) is 5.89. The van der Waals surface area contributed by atoms with Gasteiger partial charge in [0.05, 0.1) is 0 Å². The van der Waals surface area contributed by atoms with Crippen molar-refractivity contribution in [3.05, 3.63) is 0 Å². The van der Waals surface area contributed by atoms with Crippen molar-refractivity contribution in [2.75, 3.05) is 0 Å². The maximum absolute atomic E-state index is 11.9. The SMILES string of the molecule is C.C.C.C.C.C.FC(F)(F)CC[Si](O[SiH3])(O[SiH3])O[SiH3]. The molecule has 3 nitrogen and oxygen atoms in total. The minimum atomic E-state index is -4.15. The van der Waals surface area contributed by atoms with Crippen LogP contribution in [-0.2, 0) is 12.3 Å². The van der Waals surface area contributed by atoms with Crippen LogP contribution in [-0.4, -0.2) is 46.4 Å². The Morgan fingerprint density at radius 3 is 1.16 bits per heavy atom. The van der Waals surface area contributed by atoms with Crippen LogP contribution in [0.1, 0.15) is 51.0 Å². The zero-order valence-electron chi connectivity index (χ0n) is 7.77. The second-order valence-electron chi connectivity index (χ2n) is 2.41. The molecule has 0 bridgehead atoms. The predicted octanol–water partition coefficient (Wildman–Crippen LogP) is 1.59. The molecule has 0 aromatic heterocycles. The molecule has 0 aliphatic rings. The van der Waals surface area contributed by atoms with Gasteiger partial charge in [-0.1, -0.05) is 44.6 Å². The zero-order chi connectivity index (χ0) is 10.5. The fourth-order valence-corrected chi connectivity index (χ4v) is 10.4. The quantitative estimate of drug-likeness (QED) is 0.695. The number of hydrogen-bond acceptors (Lipinski definition) is 3. The molecule has 0 saturated heterocycles. The van der Waals surface area contributed by atoms with E-state index in [1.165, 1.54) is 0 Å². The highest BCUT2D eigenvalue weighted by atomic mass is 28.5. The first-order valence-electron chi connectivity index (χ1n) is 3.61. The van der Waals surface area contributed by atoms with Crippen molar-refractivity contribution in [2.45, 2.75) is 63.2 Å². The predicted molar refractivity (Wildman–Crippen MR) is 94.7 cm³/mol. The van der Waals surface area contributed by atoms with Crippen molar-refractivity contribution in [2.24, 2.45) is 0 Å². The Labute approximate surface area is 129 Å². The molecule has 19 heavy (non-hydrogen) atoms. The Morgan fingerprint density at radius 1 is 0.737 bits per heavy atom. The lowest BCUT2D eigenvalue weighted by Crippen LogP contribution is -2.44. The molecule has 0 spiro atoms. The Kier molecular flexibility index (Phi) is 41.7. The molecule has 0 rings (SSSR count). The normalized spacial score (nSPS) is 12.2. The fraction of sp³-hybridized carbons (Fsp3) is 1.00. The zero-order valence-corrected chi connectivity index (χ0v) is 14.8. The van der Waals surface area contributed by atoms with Crippen LogP contribution in [0.2, 0.25) is 6.04 Å². The van der Waals surface area contributed by atoms with Gasteiger partial charge in [-0.15, -0.1) is 0 Å². The molecule has 10 heteroatoms. The molecular weight excluding hydrogens is 325 g/mol. The van der Waals surface area contributed by atoms with Gasteiger partial charge >= 0.3 is 15.0 Å². The fourth-order valence-electron chi connectivity index (χ4n) is 0.851. The molecule has 0 aliphatic carbocycles. The van der Waals surface area contributed by atoms with Gasteiger partial charge in [-0.05, 0) is 0 Å². The topological polar surface area (TPSA) is 27.7 Å². The molecule has 0 atom stereocenters. The number of alkyl halides is 3. The highest BCUT2D eigenvalue weighted by molar-refractivity contribution is 6.69.